The van der Waals surface area contributed by atoms with Gasteiger partial charge in [0.1, 0.15) is 0 Å². The fourth-order valence-electron chi connectivity index (χ4n) is 3.15. The van der Waals surface area contributed by atoms with E-state index in [9.17, 15) is 4.79 Å². The topological polar surface area (TPSA) is 50.2 Å². The Hall–Kier alpha value is -0.780. The van der Waals surface area contributed by atoms with Crippen molar-refractivity contribution in [1.82, 2.24) is 19.8 Å². The smallest absolute Gasteiger partial charge is 0.239 e. The molecular weight excluding hydrogens is 311 g/mol. The summed E-state index contributed by atoms with van der Waals surface area (Å²) in [5, 5.41) is 3.35. The number of hydrogen-bond donors (Lipinski definition) is 1. The summed E-state index contributed by atoms with van der Waals surface area (Å²) in [4.78, 5) is 18.5. The van der Waals surface area contributed by atoms with Gasteiger partial charge < -0.3 is 14.8 Å². The second kappa shape index (κ2) is 8.61. The molecule has 1 amide bonds. The number of piperidine rings is 2. The first-order valence-corrected chi connectivity index (χ1v) is 7.34. The lowest BCUT2D eigenvalue weighted by Crippen LogP contribution is -2.50. The van der Waals surface area contributed by atoms with E-state index in [1.165, 1.54) is 12.8 Å². The fraction of sp³-hybridized carbons (Fsp3) is 0.714. The van der Waals surface area contributed by atoms with Crippen LogP contribution >= 0.6 is 24.8 Å². The number of hydrogen-bond acceptors (Lipinski definition) is 3. The van der Waals surface area contributed by atoms with Crippen molar-refractivity contribution in [2.45, 2.75) is 44.2 Å². The van der Waals surface area contributed by atoms with Gasteiger partial charge in [-0.3, -0.25) is 4.79 Å². The number of nitrogens with one attached hydrogen (secondary N) is 1. The molecule has 1 atom stereocenters. The van der Waals surface area contributed by atoms with Gasteiger partial charge in [0.05, 0.1) is 12.4 Å². The monoisotopic (exact) mass is 334 g/mol. The van der Waals surface area contributed by atoms with Gasteiger partial charge in [-0.2, -0.15) is 0 Å². The third kappa shape index (κ3) is 4.34. The molecule has 2 aliphatic heterocycles. The lowest BCUT2D eigenvalue weighted by molar-refractivity contribution is -0.135. The third-order valence-corrected chi connectivity index (χ3v) is 4.33. The van der Waals surface area contributed by atoms with Crippen LogP contribution in [-0.4, -0.2) is 46.0 Å². The number of amides is 1. The van der Waals surface area contributed by atoms with Crippen LogP contribution < -0.4 is 5.32 Å². The van der Waals surface area contributed by atoms with Crippen molar-refractivity contribution in [3.63, 3.8) is 0 Å². The van der Waals surface area contributed by atoms with Gasteiger partial charge in [-0.1, -0.05) is 6.42 Å². The Morgan fingerprint density at radius 1 is 1.14 bits per heavy atom. The second-order valence-corrected chi connectivity index (χ2v) is 5.57. The summed E-state index contributed by atoms with van der Waals surface area (Å²) >= 11 is 0. The summed E-state index contributed by atoms with van der Waals surface area (Å²) in [6, 6.07) is 0.574. The highest BCUT2D eigenvalue weighted by molar-refractivity contribution is 5.85. The normalized spacial score (nSPS) is 23.0. The molecule has 7 heteroatoms. The predicted octanol–water partition coefficient (Wildman–Crippen LogP) is 2.03. The molecule has 0 aliphatic carbocycles. The van der Waals surface area contributed by atoms with Crippen LogP contribution in [0.3, 0.4) is 0 Å². The molecule has 0 bridgehead atoms. The van der Waals surface area contributed by atoms with Crippen LogP contribution in [0.25, 0.3) is 0 Å². The molecule has 3 heterocycles. The summed E-state index contributed by atoms with van der Waals surface area (Å²) in [7, 11) is 0. The van der Waals surface area contributed by atoms with Crippen molar-refractivity contribution in [2.24, 2.45) is 0 Å². The quantitative estimate of drug-likeness (QED) is 0.900. The molecule has 5 nitrogen and oxygen atoms in total. The van der Waals surface area contributed by atoms with Gasteiger partial charge in [0.15, 0.2) is 0 Å². The van der Waals surface area contributed by atoms with Crippen molar-refractivity contribution in [1.29, 1.82) is 0 Å². The summed E-state index contributed by atoms with van der Waals surface area (Å²) in [6.07, 6.45) is 11.2. The van der Waals surface area contributed by atoms with Crippen LogP contribution in [0, 0.1) is 0 Å². The van der Waals surface area contributed by atoms with Crippen molar-refractivity contribution in [3.05, 3.63) is 18.7 Å². The summed E-state index contributed by atoms with van der Waals surface area (Å²) in [6.45, 7) is 2.74. The Morgan fingerprint density at radius 3 is 2.48 bits per heavy atom. The zero-order valence-electron chi connectivity index (χ0n) is 12.1. The Balaban J connectivity index is 0.00000110. The van der Waals surface area contributed by atoms with Crippen LogP contribution in [0.1, 0.15) is 38.1 Å². The summed E-state index contributed by atoms with van der Waals surface area (Å²) < 4.78 is 2.17. The van der Waals surface area contributed by atoms with Crippen molar-refractivity contribution in [2.75, 3.05) is 19.6 Å². The van der Waals surface area contributed by atoms with Gasteiger partial charge in [0, 0.05) is 31.5 Å². The highest BCUT2D eigenvalue weighted by Gasteiger charge is 2.29. The molecule has 120 valence electrons. The van der Waals surface area contributed by atoms with E-state index in [1.807, 2.05) is 23.6 Å². The zero-order valence-corrected chi connectivity index (χ0v) is 13.7. The minimum absolute atomic E-state index is 0. The van der Waals surface area contributed by atoms with Gasteiger partial charge in [-0.15, -0.1) is 24.8 Å². The number of nitrogens with zero attached hydrogens (tertiary/aromatic N) is 3. The second-order valence-electron chi connectivity index (χ2n) is 5.57. The van der Waals surface area contributed by atoms with Crippen molar-refractivity contribution < 1.29 is 4.79 Å². The van der Waals surface area contributed by atoms with E-state index in [0.29, 0.717) is 11.9 Å². The largest absolute Gasteiger partial charge is 0.341 e. The molecule has 2 saturated heterocycles. The van der Waals surface area contributed by atoms with Gasteiger partial charge >= 0.3 is 0 Å². The van der Waals surface area contributed by atoms with E-state index in [4.69, 9.17) is 0 Å². The molecule has 3 rings (SSSR count). The molecule has 21 heavy (non-hydrogen) atoms. The number of imidazole rings is 1. The van der Waals surface area contributed by atoms with Gasteiger partial charge in [-0.25, -0.2) is 4.98 Å². The fourth-order valence-corrected chi connectivity index (χ4v) is 3.15. The molecule has 0 aromatic carbocycles. The Bertz CT molecular complexity index is 413. The molecular formula is C14H24Cl2N4O. The SMILES string of the molecule is Cl.Cl.O=C([C@H]1CCCCN1)N1CCC(n2ccnc2)CC1. The van der Waals surface area contributed by atoms with E-state index in [1.54, 1.807) is 0 Å². The lowest BCUT2D eigenvalue weighted by atomic mass is 10.0. The van der Waals surface area contributed by atoms with E-state index >= 15 is 0 Å². The minimum Gasteiger partial charge on any atom is -0.341 e. The molecule has 2 aliphatic rings. The summed E-state index contributed by atoms with van der Waals surface area (Å²) in [5.74, 6) is 0.309. The maximum atomic E-state index is 12.4. The molecule has 0 radical (unpaired) electrons. The van der Waals surface area contributed by atoms with Gasteiger partial charge in [0.25, 0.3) is 0 Å². The average molecular weight is 335 g/mol. The van der Waals surface area contributed by atoms with Crippen LogP contribution in [0.4, 0.5) is 0 Å². The summed E-state index contributed by atoms with van der Waals surface area (Å²) in [5.41, 5.74) is 0. The first-order chi connectivity index (χ1) is 9.34. The maximum Gasteiger partial charge on any atom is 0.239 e. The van der Waals surface area contributed by atoms with Crippen LogP contribution in [0.2, 0.25) is 0 Å². The van der Waals surface area contributed by atoms with Crippen LogP contribution in [0.15, 0.2) is 18.7 Å². The number of rotatable bonds is 2. The number of carbonyl (C=O) groups excluding carboxylic acids is 1. The molecule has 1 aromatic heterocycles. The maximum absolute atomic E-state index is 12.4. The molecule has 0 spiro atoms. The first kappa shape index (κ1) is 18.3. The standard InChI is InChI=1S/C14H22N4O.2ClH/c19-14(13-3-1-2-6-16-13)17-8-4-12(5-9-17)18-10-7-15-11-18;;/h7,10-13,16H,1-6,8-9H2;2*1H/t13-;;/m1../s1. The highest BCUT2D eigenvalue weighted by Crippen LogP contribution is 2.23. The van der Waals surface area contributed by atoms with Crippen molar-refractivity contribution in [3.8, 4) is 0 Å². The number of carbonyl (C=O) groups is 1. The molecule has 2 fully saturated rings. The van der Waals surface area contributed by atoms with E-state index < -0.39 is 0 Å². The van der Waals surface area contributed by atoms with Gasteiger partial charge in [0.2, 0.25) is 5.91 Å². The minimum atomic E-state index is 0. The molecule has 1 aromatic rings. The van der Waals surface area contributed by atoms with E-state index in [-0.39, 0.29) is 30.9 Å². The molecule has 1 N–H and O–H groups in total. The Labute approximate surface area is 138 Å². The number of halogens is 2. The Morgan fingerprint density at radius 2 is 1.90 bits per heavy atom. The zero-order chi connectivity index (χ0) is 13.1. The van der Waals surface area contributed by atoms with Gasteiger partial charge in [-0.05, 0) is 32.2 Å². The predicted molar refractivity (Wildman–Crippen MR) is 87.2 cm³/mol. The number of aromatic nitrogens is 2. The highest BCUT2D eigenvalue weighted by atomic mass is 35.5. The third-order valence-electron chi connectivity index (χ3n) is 4.33. The average Bonchev–Trinajstić information content (AvgIpc) is 3.02. The van der Waals surface area contributed by atoms with E-state index in [2.05, 4.69) is 14.9 Å². The van der Waals surface area contributed by atoms with Crippen molar-refractivity contribution >= 4 is 30.7 Å². The number of likely N-dealkylation sites (tertiary alicyclic amines) is 1. The Kier molecular flexibility index (Phi) is 7.49. The molecule has 0 saturated carbocycles. The van der Waals surface area contributed by atoms with Crippen LogP contribution in [0.5, 0.6) is 0 Å². The van der Waals surface area contributed by atoms with E-state index in [0.717, 1.165) is 38.9 Å². The van der Waals surface area contributed by atoms with Crippen LogP contribution in [-0.2, 0) is 4.79 Å². The lowest BCUT2D eigenvalue weighted by Gasteiger charge is -2.35. The molecule has 0 unspecified atom stereocenters. The first-order valence-electron chi connectivity index (χ1n) is 7.34.